The maximum absolute atomic E-state index is 13.3. The zero-order valence-corrected chi connectivity index (χ0v) is 21.5. The third-order valence-corrected chi connectivity index (χ3v) is 5.78. The Kier molecular flexibility index (Phi) is 9.32. The average Bonchev–Trinajstić information content (AvgIpc) is 2.72. The van der Waals surface area contributed by atoms with E-state index < -0.39 is 6.04 Å². The van der Waals surface area contributed by atoms with E-state index in [0.29, 0.717) is 18.7 Å². The van der Waals surface area contributed by atoms with Gasteiger partial charge in [-0.3, -0.25) is 9.59 Å². The lowest BCUT2D eigenvalue weighted by Crippen LogP contribution is -2.51. The largest absolute Gasteiger partial charge is 0.483 e. The average molecular weight is 503 g/mol. The van der Waals surface area contributed by atoms with Gasteiger partial charge < -0.3 is 15.0 Å². The van der Waals surface area contributed by atoms with E-state index in [2.05, 4.69) is 42.0 Å². The van der Waals surface area contributed by atoms with E-state index in [4.69, 9.17) is 4.74 Å². The van der Waals surface area contributed by atoms with Crippen molar-refractivity contribution in [3.05, 3.63) is 64.1 Å². The molecule has 0 saturated heterocycles. The molecule has 0 bridgehead atoms. The van der Waals surface area contributed by atoms with Crippen molar-refractivity contribution >= 4 is 27.7 Å². The van der Waals surface area contributed by atoms with Gasteiger partial charge in [0.1, 0.15) is 11.8 Å². The predicted molar refractivity (Wildman–Crippen MR) is 133 cm³/mol. The molecule has 2 rings (SSSR count). The molecule has 0 unspecified atom stereocenters. The Bertz CT molecular complexity index is 907. The number of ether oxygens (including phenoxy) is 1. The molecule has 0 saturated carbocycles. The van der Waals surface area contributed by atoms with Gasteiger partial charge in [-0.1, -0.05) is 64.1 Å². The normalized spacial score (nSPS) is 12.4. The second-order valence-electron chi connectivity index (χ2n) is 9.28. The van der Waals surface area contributed by atoms with Crippen LogP contribution in [0.15, 0.2) is 53.0 Å². The first-order valence-corrected chi connectivity index (χ1v) is 11.9. The second-order valence-corrected chi connectivity index (χ2v) is 10.1. The molecule has 32 heavy (non-hydrogen) atoms. The highest BCUT2D eigenvalue weighted by Gasteiger charge is 2.29. The smallest absolute Gasteiger partial charge is 0.261 e. The Morgan fingerprint density at radius 3 is 2.28 bits per heavy atom. The highest BCUT2D eigenvalue weighted by Crippen LogP contribution is 2.31. The van der Waals surface area contributed by atoms with Crippen LogP contribution >= 0.6 is 15.9 Å². The fourth-order valence-corrected chi connectivity index (χ4v) is 3.88. The fraction of sp³-hybridized carbons (Fsp3) is 0.462. The number of amides is 2. The Morgan fingerprint density at radius 2 is 1.75 bits per heavy atom. The van der Waals surface area contributed by atoms with E-state index in [9.17, 15) is 9.59 Å². The maximum Gasteiger partial charge on any atom is 0.261 e. The highest BCUT2D eigenvalue weighted by atomic mass is 79.9. The molecule has 2 amide bonds. The molecule has 1 N–H and O–H groups in total. The van der Waals surface area contributed by atoms with Gasteiger partial charge in [-0.05, 0) is 64.9 Å². The van der Waals surface area contributed by atoms with E-state index in [1.54, 1.807) is 4.90 Å². The molecule has 0 fully saturated rings. The Balaban J connectivity index is 2.21. The summed E-state index contributed by atoms with van der Waals surface area (Å²) in [6, 6.07) is 15.0. The summed E-state index contributed by atoms with van der Waals surface area (Å²) < 4.78 is 6.67. The molecule has 0 aliphatic carbocycles. The van der Waals surface area contributed by atoms with E-state index in [1.807, 2.05) is 69.3 Å². The van der Waals surface area contributed by atoms with Crippen molar-refractivity contribution in [3.63, 3.8) is 0 Å². The van der Waals surface area contributed by atoms with Gasteiger partial charge in [-0.2, -0.15) is 0 Å². The molecule has 0 radical (unpaired) electrons. The topological polar surface area (TPSA) is 58.6 Å². The van der Waals surface area contributed by atoms with Gasteiger partial charge in [0.05, 0.1) is 4.47 Å². The highest BCUT2D eigenvalue weighted by molar-refractivity contribution is 9.10. The minimum atomic E-state index is -0.569. The molecule has 6 heteroatoms. The molecule has 0 heterocycles. The van der Waals surface area contributed by atoms with E-state index >= 15 is 0 Å². The molecule has 174 valence electrons. The van der Waals surface area contributed by atoms with Gasteiger partial charge >= 0.3 is 0 Å². The van der Waals surface area contributed by atoms with Crippen molar-refractivity contribution in [2.45, 2.75) is 72.0 Å². The fourth-order valence-electron chi connectivity index (χ4n) is 3.39. The number of nitrogens with one attached hydrogen (secondary N) is 1. The van der Waals surface area contributed by atoms with Crippen LogP contribution in [0, 0.1) is 0 Å². The second kappa shape index (κ2) is 11.5. The lowest BCUT2D eigenvalue weighted by Gasteiger charge is -2.31. The van der Waals surface area contributed by atoms with Crippen LogP contribution in [-0.4, -0.2) is 35.4 Å². The summed E-state index contributed by atoms with van der Waals surface area (Å²) in [7, 11) is 0. The van der Waals surface area contributed by atoms with Gasteiger partial charge in [0, 0.05) is 12.6 Å². The molecule has 1 atom stereocenters. The summed E-state index contributed by atoms with van der Waals surface area (Å²) in [4.78, 5) is 27.7. The minimum absolute atomic E-state index is 0.00114. The van der Waals surface area contributed by atoms with Crippen molar-refractivity contribution in [2.75, 3.05) is 6.61 Å². The monoisotopic (exact) mass is 502 g/mol. The van der Waals surface area contributed by atoms with Crippen LogP contribution in [0.2, 0.25) is 0 Å². The number of benzene rings is 2. The number of hydrogen-bond acceptors (Lipinski definition) is 3. The first-order valence-electron chi connectivity index (χ1n) is 11.1. The van der Waals surface area contributed by atoms with Gasteiger partial charge in [-0.15, -0.1) is 0 Å². The minimum Gasteiger partial charge on any atom is -0.483 e. The van der Waals surface area contributed by atoms with Crippen molar-refractivity contribution < 1.29 is 14.3 Å². The van der Waals surface area contributed by atoms with Crippen LogP contribution in [0.4, 0.5) is 0 Å². The zero-order chi connectivity index (χ0) is 23.9. The summed E-state index contributed by atoms with van der Waals surface area (Å²) in [5, 5.41) is 2.94. The van der Waals surface area contributed by atoms with Gasteiger partial charge in [0.25, 0.3) is 5.91 Å². The molecule has 0 aliphatic heterocycles. The summed E-state index contributed by atoms with van der Waals surface area (Å²) in [6.45, 7) is 12.4. The molecule has 0 spiro atoms. The number of carbonyl (C=O) groups excluding carboxylic acids is 2. The van der Waals surface area contributed by atoms with Crippen LogP contribution in [0.5, 0.6) is 5.75 Å². The number of halogens is 1. The van der Waals surface area contributed by atoms with E-state index in [1.165, 1.54) is 5.56 Å². The predicted octanol–water partition coefficient (Wildman–Crippen LogP) is 5.46. The van der Waals surface area contributed by atoms with E-state index in [0.717, 1.165) is 10.0 Å². The summed E-state index contributed by atoms with van der Waals surface area (Å²) >= 11 is 3.56. The van der Waals surface area contributed by atoms with Crippen LogP contribution in [0.1, 0.15) is 59.1 Å². The van der Waals surface area contributed by atoms with Crippen molar-refractivity contribution in [1.82, 2.24) is 10.2 Å². The van der Waals surface area contributed by atoms with Gasteiger partial charge in [0.2, 0.25) is 5.91 Å². The Labute approximate surface area is 200 Å². The van der Waals surface area contributed by atoms with Crippen LogP contribution in [0.25, 0.3) is 0 Å². The van der Waals surface area contributed by atoms with Crippen molar-refractivity contribution in [2.24, 2.45) is 0 Å². The molecule has 0 aromatic heterocycles. The third-order valence-electron chi connectivity index (χ3n) is 5.16. The first-order chi connectivity index (χ1) is 15.0. The number of rotatable bonds is 9. The first kappa shape index (κ1) is 25.9. The summed E-state index contributed by atoms with van der Waals surface area (Å²) in [6.07, 6.45) is 0.515. The van der Waals surface area contributed by atoms with E-state index in [-0.39, 0.29) is 29.9 Å². The number of carbonyl (C=O) groups is 2. The Morgan fingerprint density at radius 1 is 1.09 bits per heavy atom. The molecular weight excluding hydrogens is 468 g/mol. The Hall–Kier alpha value is -2.34. The quantitative estimate of drug-likeness (QED) is 0.495. The van der Waals surface area contributed by atoms with Crippen LogP contribution in [-0.2, 0) is 21.5 Å². The van der Waals surface area contributed by atoms with Crippen molar-refractivity contribution in [1.29, 1.82) is 0 Å². The lowest BCUT2D eigenvalue weighted by atomic mass is 9.87. The maximum atomic E-state index is 13.3. The standard InChI is InChI=1S/C26H35BrN2O3/c1-7-22(25(31)28-18(2)3)29(16-19-11-9-8-10-12-19)24(30)17-32-23-14-13-20(15-21(23)27)26(4,5)6/h8-15,18,22H,7,16-17H2,1-6H3,(H,28,31)/t22-/m1/s1. The molecule has 2 aromatic rings. The zero-order valence-electron chi connectivity index (χ0n) is 19.9. The van der Waals surface area contributed by atoms with Crippen LogP contribution < -0.4 is 10.1 Å². The number of hydrogen-bond donors (Lipinski definition) is 1. The van der Waals surface area contributed by atoms with Crippen LogP contribution in [0.3, 0.4) is 0 Å². The molecule has 2 aromatic carbocycles. The molecule has 0 aliphatic rings. The summed E-state index contributed by atoms with van der Waals surface area (Å²) in [5.41, 5.74) is 2.15. The molecular formula is C26H35BrN2O3. The SMILES string of the molecule is CC[C@H](C(=O)NC(C)C)N(Cc1ccccc1)C(=O)COc1ccc(C(C)(C)C)cc1Br. The van der Waals surface area contributed by atoms with Crippen molar-refractivity contribution in [3.8, 4) is 5.75 Å². The summed E-state index contributed by atoms with van der Waals surface area (Å²) in [5.74, 6) is 0.222. The van der Waals surface area contributed by atoms with Gasteiger partial charge in [-0.25, -0.2) is 0 Å². The number of nitrogens with zero attached hydrogens (tertiary/aromatic N) is 1. The third kappa shape index (κ3) is 7.37. The molecule has 5 nitrogen and oxygen atoms in total. The van der Waals surface area contributed by atoms with Gasteiger partial charge in [0.15, 0.2) is 6.61 Å². The lowest BCUT2D eigenvalue weighted by molar-refractivity contribution is -0.143.